The van der Waals surface area contributed by atoms with Gasteiger partial charge in [0, 0.05) is 22.3 Å². The third kappa shape index (κ3) is 2.32. The number of carbonyl (C=O) groups is 1. The number of carbonyl (C=O) groups excluding carboxylic acids is 1. The summed E-state index contributed by atoms with van der Waals surface area (Å²) in [5.41, 5.74) is 6.43. The molecule has 3 N–H and O–H groups in total. The number of hydrogen-bond acceptors (Lipinski definition) is 4. The normalized spacial score (nSPS) is 10.1. The second kappa shape index (κ2) is 4.51. The van der Waals surface area contributed by atoms with Crippen LogP contribution in [0.3, 0.4) is 0 Å². The minimum absolute atomic E-state index is 0.288. The zero-order valence-electron chi connectivity index (χ0n) is 8.11. The van der Waals surface area contributed by atoms with Gasteiger partial charge in [-0.2, -0.15) is 0 Å². The fourth-order valence-corrected chi connectivity index (χ4v) is 1.89. The minimum atomic E-state index is -0.288. The number of nitrogen functional groups attached to an aromatic ring is 1. The summed E-state index contributed by atoms with van der Waals surface area (Å²) in [6, 6.07) is 4.74. The average molecular weight is 254 g/mol. The van der Waals surface area contributed by atoms with E-state index in [1.165, 1.54) is 17.4 Å². The highest BCUT2D eigenvalue weighted by Crippen LogP contribution is 2.20. The number of aromatic nitrogens is 1. The van der Waals surface area contributed by atoms with Crippen LogP contribution in [0.15, 0.2) is 29.8 Å². The predicted octanol–water partition coefficient (Wildman–Crippen LogP) is 2.63. The molecule has 6 heteroatoms. The van der Waals surface area contributed by atoms with Gasteiger partial charge in [0.2, 0.25) is 0 Å². The summed E-state index contributed by atoms with van der Waals surface area (Å²) in [6.45, 7) is 0. The van der Waals surface area contributed by atoms with Crippen molar-refractivity contribution in [2.24, 2.45) is 0 Å². The lowest BCUT2D eigenvalue weighted by molar-refractivity contribution is 0.102. The number of nitrogens with one attached hydrogen (secondary N) is 1. The number of thiazole rings is 1. The van der Waals surface area contributed by atoms with Gasteiger partial charge in [-0.15, -0.1) is 11.3 Å². The fraction of sp³-hybridized carbons (Fsp3) is 0. The topological polar surface area (TPSA) is 68.0 Å². The molecule has 1 aromatic heterocycles. The Morgan fingerprint density at radius 2 is 2.31 bits per heavy atom. The summed E-state index contributed by atoms with van der Waals surface area (Å²) < 4.78 is 0. The van der Waals surface area contributed by atoms with Crippen LogP contribution < -0.4 is 11.1 Å². The Kier molecular flexibility index (Phi) is 3.07. The summed E-state index contributed by atoms with van der Waals surface area (Å²) in [4.78, 5) is 15.7. The Balaban J connectivity index is 2.21. The highest BCUT2D eigenvalue weighted by molar-refractivity contribution is 7.13. The molecule has 0 bridgehead atoms. The molecule has 0 fully saturated rings. The number of anilines is 2. The maximum Gasteiger partial charge on any atom is 0.259 e. The van der Waals surface area contributed by atoms with Crippen LogP contribution >= 0.6 is 22.9 Å². The number of nitrogens with zero attached hydrogens (tertiary/aromatic N) is 1. The van der Waals surface area contributed by atoms with Gasteiger partial charge in [-0.1, -0.05) is 11.6 Å². The quantitative estimate of drug-likeness (QED) is 0.809. The van der Waals surface area contributed by atoms with E-state index < -0.39 is 0 Å². The first-order chi connectivity index (χ1) is 7.66. The third-order valence-corrected chi connectivity index (χ3v) is 2.83. The molecule has 2 rings (SSSR count). The van der Waals surface area contributed by atoms with E-state index in [-0.39, 0.29) is 5.91 Å². The van der Waals surface area contributed by atoms with Gasteiger partial charge in [-0.3, -0.25) is 10.1 Å². The van der Waals surface area contributed by atoms with Gasteiger partial charge in [0.15, 0.2) is 5.13 Å². The van der Waals surface area contributed by atoms with E-state index in [0.29, 0.717) is 21.4 Å². The summed E-state index contributed by atoms with van der Waals surface area (Å²) >= 11 is 7.09. The summed E-state index contributed by atoms with van der Waals surface area (Å²) in [5, 5.41) is 5.47. The Hall–Kier alpha value is -1.59. The minimum Gasteiger partial charge on any atom is -0.398 e. The molecule has 16 heavy (non-hydrogen) atoms. The summed E-state index contributed by atoms with van der Waals surface area (Å²) in [7, 11) is 0. The van der Waals surface area contributed by atoms with Gasteiger partial charge in [-0.05, 0) is 18.2 Å². The molecule has 82 valence electrons. The Bertz CT molecular complexity index is 513. The van der Waals surface area contributed by atoms with Crippen molar-refractivity contribution in [2.75, 3.05) is 11.1 Å². The van der Waals surface area contributed by atoms with Gasteiger partial charge >= 0.3 is 0 Å². The van der Waals surface area contributed by atoms with Gasteiger partial charge in [0.1, 0.15) is 0 Å². The molecule has 4 nitrogen and oxygen atoms in total. The standard InChI is InChI=1S/C10H8ClN3OS/c11-6-1-2-7(8(12)5-6)9(15)14-10-13-3-4-16-10/h1-5H,12H2,(H,13,14,15). The van der Waals surface area contributed by atoms with Crippen LogP contribution in [0.2, 0.25) is 5.02 Å². The Morgan fingerprint density at radius 3 is 2.94 bits per heavy atom. The molecule has 0 atom stereocenters. The first kappa shape index (κ1) is 10.9. The molecule has 1 heterocycles. The van der Waals surface area contributed by atoms with Gasteiger partial charge in [0.05, 0.1) is 5.56 Å². The van der Waals surface area contributed by atoms with Crippen molar-refractivity contribution in [3.05, 3.63) is 40.4 Å². The zero-order valence-corrected chi connectivity index (χ0v) is 9.68. The van der Waals surface area contributed by atoms with Crippen LogP contribution in [-0.2, 0) is 0 Å². The van der Waals surface area contributed by atoms with Gasteiger partial charge < -0.3 is 5.73 Å². The highest BCUT2D eigenvalue weighted by atomic mass is 35.5. The number of benzene rings is 1. The molecule has 0 radical (unpaired) electrons. The molecule has 0 spiro atoms. The number of nitrogens with two attached hydrogens (primary N) is 1. The van der Waals surface area contributed by atoms with Crippen LogP contribution in [0, 0.1) is 0 Å². The van der Waals surface area contributed by atoms with Crippen molar-refractivity contribution in [3.63, 3.8) is 0 Å². The summed E-state index contributed by atoms with van der Waals surface area (Å²) in [6.07, 6.45) is 1.62. The Labute approximate surface area is 101 Å². The van der Waals surface area contributed by atoms with Crippen LogP contribution in [0.25, 0.3) is 0 Å². The van der Waals surface area contributed by atoms with Crippen molar-refractivity contribution >= 4 is 39.7 Å². The van der Waals surface area contributed by atoms with Crippen LogP contribution in [0.4, 0.5) is 10.8 Å². The highest BCUT2D eigenvalue weighted by Gasteiger charge is 2.10. The van der Waals surface area contributed by atoms with Crippen molar-refractivity contribution in [2.45, 2.75) is 0 Å². The lowest BCUT2D eigenvalue weighted by Crippen LogP contribution is -2.13. The molecule has 0 unspecified atom stereocenters. The zero-order chi connectivity index (χ0) is 11.5. The fourth-order valence-electron chi connectivity index (χ4n) is 1.19. The molecule has 2 aromatic rings. The number of amides is 1. The average Bonchev–Trinajstić information content (AvgIpc) is 2.70. The van der Waals surface area contributed by atoms with Crippen molar-refractivity contribution < 1.29 is 4.79 Å². The smallest absolute Gasteiger partial charge is 0.259 e. The van der Waals surface area contributed by atoms with Crippen LogP contribution in [-0.4, -0.2) is 10.9 Å². The van der Waals surface area contributed by atoms with Crippen molar-refractivity contribution in [1.82, 2.24) is 4.98 Å². The van der Waals surface area contributed by atoms with E-state index >= 15 is 0 Å². The predicted molar refractivity (Wildman–Crippen MR) is 65.9 cm³/mol. The van der Waals surface area contributed by atoms with E-state index in [1.807, 2.05) is 0 Å². The number of halogens is 1. The molecule has 0 aliphatic rings. The lowest BCUT2D eigenvalue weighted by Gasteiger charge is -2.05. The number of rotatable bonds is 2. The molecular formula is C10H8ClN3OS. The molecule has 1 amide bonds. The van der Waals surface area contributed by atoms with Crippen LogP contribution in [0.1, 0.15) is 10.4 Å². The SMILES string of the molecule is Nc1cc(Cl)ccc1C(=O)Nc1nccs1. The van der Waals surface area contributed by atoms with E-state index in [1.54, 1.807) is 23.7 Å². The third-order valence-electron chi connectivity index (χ3n) is 1.91. The Morgan fingerprint density at radius 1 is 1.50 bits per heavy atom. The first-order valence-electron chi connectivity index (χ1n) is 4.42. The molecule has 0 saturated carbocycles. The first-order valence-corrected chi connectivity index (χ1v) is 5.68. The molecular weight excluding hydrogens is 246 g/mol. The van der Waals surface area contributed by atoms with E-state index in [9.17, 15) is 4.79 Å². The number of hydrogen-bond donors (Lipinski definition) is 2. The van der Waals surface area contributed by atoms with E-state index in [2.05, 4.69) is 10.3 Å². The molecule has 0 saturated heterocycles. The lowest BCUT2D eigenvalue weighted by atomic mass is 10.2. The maximum atomic E-state index is 11.8. The van der Waals surface area contributed by atoms with Crippen molar-refractivity contribution in [3.8, 4) is 0 Å². The molecule has 1 aromatic carbocycles. The van der Waals surface area contributed by atoms with Gasteiger partial charge in [-0.25, -0.2) is 4.98 Å². The monoisotopic (exact) mass is 253 g/mol. The van der Waals surface area contributed by atoms with Crippen LogP contribution in [0.5, 0.6) is 0 Å². The molecule has 0 aliphatic carbocycles. The second-order valence-corrected chi connectivity index (χ2v) is 4.35. The van der Waals surface area contributed by atoms with Gasteiger partial charge in [0.25, 0.3) is 5.91 Å². The summed E-state index contributed by atoms with van der Waals surface area (Å²) in [5.74, 6) is -0.288. The molecule has 0 aliphatic heterocycles. The maximum absolute atomic E-state index is 11.8. The van der Waals surface area contributed by atoms with E-state index in [4.69, 9.17) is 17.3 Å². The van der Waals surface area contributed by atoms with Crippen molar-refractivity contribution in [1.29, 1.82) is 0 Å². The largest absolute Gasteiger partial charge is 0.398 e. The van der Waals surface area contributed by atoms with E-state index in [0.717, 1.165) is 0 Å². The second-order valence-electron chi connectivity index (χ2n) is 3.02.